The van der Waals surface area contributed by atoms with Crippen LogP contribution in [-0.4, -0.2) is 37.2 Å². The van der Waals surface area contributed by atoms with Crippen LogP contribution in [0, 0.1) is 0 Å². The van der Waals surface area contributed by atoms with E-state index in [4.69, 9.17) is 10.8 Å². The molecule has 0 aromatic heterocycles. The first-order chi connectivity index (χ1) is 5.37. The summed E-state index contributed by atoms with van der Waals surface area (Å²) in [6, 6.07) is 0. The predicted molar refractivity (Wildman–Crippen MR) is 46.5 cm³/mol. The summed E-state index contributed by atoms with van der Waals surface area (Å²) in [7, 11) is -2.97. The predicted octanol–water partition coefficient (Wildman–Crippen LogP) is -0.727. The van der Waals surface area contributed by atoms with E-state index in [1.807, 2.05) is 0 Å². The first-order valence-electron chi connectivity index (χ1n) is 3.96. The van der Waals surface area contributed by atoms with Crippen LogP contribution in [-0.2, 0) is 9.84 Å². The second-order valence-electron chi connectivity index (χ2n) is 3.71. The molecular formula is C7H15NO3S. The van der Waals surface area contributed by atoms with Crippen LogP contribution in [0.4, 0.5) is 0 Å². The van der Waals surface area contributed by atoms with Gasteiger partial charge < -0.3 is 10.8 Å². The summed E-state index contributed by atoms with van der Waals surface area (Å²) >= 11 is 0. The Morgan fingerprint density at radius 3 is 2.50 bits per heavy atom. The molecule has 12 heavy (non-hydrogen) atoms. The van der Waals surface area contributed by atoms with Gasteiger partial charge in [-0.1, -0.05) is 0 Å². The average molecular weight is 193 g/mol. The highest BCUT2D eigenvalue weighted by Crippen LogP contribution is 2.31. The Balaban J connectivity index is 2.70. The van der Waals surface area contributed by atoms with Crippen molar-refractivity contribution in [1.29, 1.82) is 0 Å². The van der Waals surface area contributed by atoms with Gasteiger partial charge in [0.15, 0.2) is 0 Å². The highest BCUT2D eigenvalue weighted by Gasteiger charge is 2.39. The molecule has 0 unspecified atom stereocenters. The molecule has 0 amide bonds. The lowest BCUT2D eigenvalue weighted by Crippen LogP contribution is -2.41. The van der Waals surface area contributed by atoms with Crippen molar-refractivity contribution in [3.8, 4) is 0 Å². The molecule has 2 atom stereocenters. The van der Waals surface area contributed by atoms with Crippen LogP contribution < -0.4 is 5.73 Å². The standard InChI is InChI=1S/C7H15NO3S/c1-12(10,11)6-2-3-7(8,4-6)5-9/h6,9H,2-5,8H2,1H3/t6-,7+/m0/s1. The molecule has 3 N–H and O–H groups in total. The molecule has 0 spiro atoms. The van der Waals surface area contributed by atoms with E-state index in [0.29, 0.717) is 19.3 Å². The van der Waals surface area contributed by atoms with E-state index in [1.165, 1.54) is 6.26 Å². The van der Waals surface area contributed by atoms with Gasteiger partial charge in [0.05, 0.1) is 11.9 Å². The minimum atomic E-state index is -2.97. The summed E-state index contributed by atoms with van der Waals surface area (Å²) in [6.45, 7) is -0.126. The van der Waals surface area contributed by atoms with Gasteiger partial charge in [0, 0.05) is 11.8 Å². The maximum Gasteiger partial charge on any atom is 0.150 e. The van der Waals surface area contributed by atoms with E-state index in [2.05, 4.69) is 0 Å². The smallest absolute Gasteiger partial charge is 0.150 e. The lowest BCUT2D eigenvalue weighted by Gasteiger charge is -2.20. The molecule has 1 fully saturated rings. The number of hydrogen-bond donors (Lipinski definition) is 2. The summed E-state index contributed by atoms with van der Waals surface area (Å²) in [4.78, 5) is 0. The van der Waals surface area contributed by atoms with Crippen LogP contribution >= 0.6 is 0 Å². The van der Waals surface area contributed by atoms with Crippen molar-refractivity contribution in [3.05, 3.63) is 0 Å². The van der Waals surface area contributed by atoms with Gasteiger partial charge in [-0.15, -0.1) is 0 Å². The number of aliphatic hydroxyl groups is 1. The number of hydrogen-bond acceptors (Lipinski definition) is 4. The van der Waals surface area contributed by atoms with Crippen molar-refractivity contribution in [2.24, 2.45) is 5.73 Å². The van der Waals surface area contributed by atoms with Crippen molar-refractivity contribution < 1.29 is 13.5 Å². The second kappa shape index (κ2) is 2.97. The highest BCUT2D eigenvalue weighted by atomic mass is 32.2. The molecule has 1 rings (SSSR count). The Kier molecular flexibility index (Phi) is 2.47. The van der Waals surface area contributed by atoms with Crippen molar-refractivity contribution >= 4 is 9.84 Å². The van der Waals surface area contributed by atoms with Gasteiger partial charge in [0.25, 0.3) is 0 Å². The summed E-state index contributed by atoms with van der Waals surface area (Å²) in [5.74, 6) is 0. The van der Waals surface area contributed by atoms with Crippen molar-refractivity contribution in [2.75, 3.05) is 12.9 Å². The summed E-state index contributed by atoms with van der Waals surface area (Å²) in [5, 5.41) is 8.54. The molecule has 1 saturated carbocycles. The van der Waals surface area contributed by atoms with Crippen molar-refractivity contribution in [2.45, 2.75) is 30.1 Å². The third-order valence-electron chi connectivity index (χ3n) is 2.52. The second-order valence-corrected chi connectivity index (χ2v) is 6.04. The minimum Gasteiger partial charge on any atom is -0.394 e. The molecule has 0 heterocycles. The molecule has 1 aliphatic rings. The van der Waals surface area contributed by atoms with Gasteiger partial charge in [0.2, 0.25) is 0 Å². The molecule has 1 aliphatic carbocycles. The molecule has 0 radical (unpaired) electrons. The topological polar surface area (TPSA) is 80.4 Å². The van der Waals surface area contributed by atoms with Gasteiger partial charge in [0.1, 0.15) is 9.84 Å². The molecule has 0 saturated heterocycles. The SMILES string of the molecule is CS(=O)(=O)[C@H]1CC[C@](N)(CO)C1. The van der Waals surface area contributed by atoms with Crippen LogP contribution in [0.3, 0.4) is 0 Å². The fourth-order valence-electron chi connectivity index (χ4n) is 1.62. The molecule has 0 bridgehead atoms. The third kappa shape index (κ3) is 1.97. The largest absolute Gasteiger partial charge is 0.394 e. The molecule has 4 nitrogen and oxygen atoms in total. The number of nitrogens with two attached hydrogens (primary N) is 1. The van der Waals surface area contributed by atoms with Gasteiger partial charge in [-0.05, 0) is 19.3 Å². The van der Waals surface area contributed by atoms with Gasteiger partial charge >= 0.3 is 0 Å². The van der Waals surface area contributed by atoms with Crippen LogP contribution in [0.5, 0.6) is 0 Å². The van der Waals surface area contributed by atoms with Crippen molar-refractivity contribution in [1.82, 2.24) is 0 Å². The fourth-order valence-corrected chi connectivity index (χ4v) is 2.80. The first-order valence-corrected chi connectivity index (χ1v) is 5.91. The molecule has 0 aromatic rings. The zero-order valence-corrected chi connectivity index (χ0v) is 7.97. The lowest BCUT2D eigenvalue weighted by atomic mass is 10.0. The molecular weight excluding hydrogens is 178 g/mol. The van der Waals surface area contributed by atoms with E-state index in [1.54, 1.807) is 0 Å². The zero-order chi connectivity index (χ0) is 9.41. The van der Waals surface area contributed by atoms with Crippen molar-refractivity contribution in [3.63, 3.8) is 0 Å². The fraction of sp³-hybridized carbons (Fsp3) is 1.00. The normalized spacial score (nSPS) is 37.1. The molecule has 72 valence electrons. The summed E-state index contributed by atoms with van der Waals surface area (Å²) < 4.78 is 22.2. The Hall–Kier alpha value is -0.130. The molecule has 0 aromatic carbocycles. The first kappa shape index (κ1) is 9.95. The van der Waals surface area contributed by atoms with E-state index >= 15 is 0 Å². The Morgan fingerprint density at radius 2 is 2.25 bits per heavy atom. The monoisotopic (exact) mass is 193 g/mol. The Bertz CT molecular complexity index is 262. The highest BCUT2D eigenvalue weighted by molar-refractivity contribution is 7.91. The van der Waals surface area contributed by atoms with E-state index in [-0.39, 0.29) is 11.9 Å². The van der Waals surface area contributed by atoms with E-state index in [0.717, 1.165) is 0 Å². The van der Waals surface area contributed by atoms with Crippen LogP contribution in [0.2, 0.25) is 0 Å². The van der Waals surface area contributed by atoms with Crippen LogP contribution in [0.15, 0.2) is 0 Å². The minimum absolute atomic E-state index is 0.126. The maximum absolute atomic E-state index is 11.1. The number of aliphatic hydroxyl groups excluding tert-OH is 1. The quantitative estimate of drug-likeness (QED) is 0.606. The lowest BCUT2D eigenvalue weighted by molar-refractivity contribution is 0.200. The number of rotatable bonds is 2. The number of sulfone groups is 1. The third-order valence-corrected chi connectivity index (χ3v) is 4.13. The van der Waals surface area contributed by atoms with Crippen LogP contribution in [0.1, 0.15) is 19.3 Å². The van der Waals surface area contributed by atoms with Gasteiger partial charge in [-0.25, -0.2) is 8.42 Å². The molecule has 5 heteroatoms. The average Bonchev–Trinajstić information content (AvgIpc) is 2.32. The van der Waals surface area contributed by atoms with Crippen LogP contribution in [0.25, 0.3) is 0 Å². The molecule has 0 aliphatic heterocycles. The zero-order valence-electron chi connectivity index (χ0n) is 7.16. The Morgan fingerprint density at radius 1 is 1.67 bits per heavy atom. The van der Waals surface area contributed by atoms with E-state index in [9.17, 15) is 8.42 Å². The van der Waals surface area contributed by atoms with E-state index < -0.39 is 15.4 Å². The summed E-state index contributed by atoms with van der Waals surface area (Å²) in [6.07, 6.45) is 2.79. The van der Waals surface area contributed by atoms with Gasteiger partial charge in [-0.3, -0.25) is 0 Å². The maximum atomic E-state index is 11.1. The Labute approximate surface area is 72.7 Å². The van der Waals surface area contributed by atoms with Gasteiger partial charge in [-0.2, -0.15) is 0 Å². The summed E-state index contributed by atoms with van der Waals surface area (Å²) in [5.41, 5.74) is 5.07.